The summed E-state index contributed by atoms with van der Waals surface area (Å²) in [6.07, 6.45) is -6.17. The minimum Gasteiger partial charge on any atom is -0.294 e. The molecule has 23 heavy (non-hydrogen) atoms. The average molecular weight is 332 g/mol. The van der Waals surface area contributed by atoms with Crippen molar-refractivity contribution >= 4 is 5.78 Å². The summed E-state index contributed by atoms with van der Waals surface area (Å²) in [7, 11) is 0. The van der Waals surface area contributed by atoms with Gasteiger partial charge in [-0.25, -0.2) is 0 Å². The van der Waals surface area contributed by atoms with Gasteiger partial charge in [-0.2, -0.15) is 22.0 Å². The molecule has 2 atom stereocenters. The first-order valence-electron chi connectivity index (χ1n) is 7.24. The van der Waals surface area contributed by atoms with Crippen molar-refractivity contribution in [2.75, 3.05) is 0 Å². The van der Waals surface area contributed by atoms with Crippen molar-refractivity contribution in [2.24, 2.45) is 11.8 Å². The van der Waals surface area contributed by atoms with Gasteiger partial charge in [0.25, 0.3) is 0 Å². The quantitative estimate of drug-likeness (QED) is 0.410. The topological polar surface area (TPSA) is 17.1 Å². The molecule has 0 N–H and O–H groups in total. The molecular formula is C17H17F5O. The monoisotopic (exact) mass is 332 g/mol. The zero-order valence-corrected chi connectivity index (χ0v) is 12.8. The fraction of sp³-hybridized carbons (Fsp3) is 0.471. The summed E-state index contributed by atoms with van der Waals surface area (Å²) in [6.45, 7) is 3.21. The second kappa shape index (κ2) is 6.06. The third-order valence-corrected chi connectivity index (χ3v) is 4.51. The molecule has 0 saturated carbocycles. The molecule has 0 fully saturated rings. The van der Waals surface area contributed by atoms with Crippen LogP contribution in [0.15, 0.2) is 41.5 Å². The van der Waals surface area contributed by atoms with Crippen molar-refractivity contribution in [1.29, 1.82) is 0 Å². The lowest BCUT2D eigenvalue weighted by atomic mass is 9.70. The number of carbonyl (C=O) groups is 1. The number of Topliss-reactive ketones (excluding diaryl/α,β-unsaturated/α-hetero) is 1. The van der Waals surface area contributed by atoms with Gasteiger partial charge < -0.3 is 0 Å². The second-order valence-electron chi connectivity index (χ2n) is 6.03. The van der Waals surface area contributed by atoms with Crippen molar-refractivity contribution in [1.82, 2.24) is 0 Å². The van der Waals surface area contributed by atoms with Crippen LogP contribution in [0.3, 0.4) is 0 Å². The summed E-state index contributed by atoms with van der Waals surface area (Å²) < 4.78 is 66.3. The molecule has 0 aromatic heterocycles. The van der Waals surface area contributed by atoms with E-state index in [9.17, 15) is 26.7 Å². The van der Waals surface area contributed by atoms with Gasteiger partial charge in [-0.15, -0.1) is 0 Å². The van der Waals surface area contributed by atoms with Crippen LogP contribution in [0.25, 0.3) is 0 Å². The molecule has 0 aliphatic heterocycles. The number of allylic oxidation sites excluding steroid dienone is 2. The molecule has 1 aromatic rings. The summed E-state index contributed by atoms with van der Waals surface area (Å²) in [6, 6.07) is 7.63. The first kappa shape index (κ1) is 17.6. The van der Waals surface area contributed by atoms with Crippen LogP contribution in [-0.4, -0.2) is 17.9 Å². The van der Waals surface area contributed by atoms with E-state index in [4.69, 9.17) is 0 Å². The largest absolute Gasteiger partial charge is 0.453 e. The molecule has 1 aromatic carbocycles. The van der Waals surface area contributed by atoms with Gasteiger partial charge in [-0.1, -0.05) is 41.5 Å². The van der Waals surface area contributed by atoms with E-state index in [0.29, 0.717) is 11.1 Å². The predicted octanol–water partition coefficient (Wildman–Crippen LogP) is 5.43. The van der Waals surface area contributed by atoms with Crippen molar-refractivity contribution < 1.29 is 26.7 Å². The molecule has 0 unspecified atom stereocenters. The van der Waals surface area contributed by atoms with Crippen LogP contribution < -0.4 is 0 Å². The van der Waals surface area contributed by atoms with E-state index in [1.807, 2.05) is 0 Å². The van der Waals surface area contributed by atoms with Crippen LogP contribution in [0.2, 0.25) is 0 Å². The van der Waals surface area contributed by atoms with Crippen LogP contribution >= 0.6 is 0 Å². The number of rotatable bonds is 3. The van der Waals surface area contributed by atoms with Gasteiger partial charge in [-0.05, 0) is 26.7 Å². The SMILES string of the molecule is CC1=C(C)C[C@H](C(F)(F)C(F)(F)F)[C@@H](C(=O)c2ccccc2)C1. The Morgan fingerprint density at radius 3 is 2.00 bits per heavy atom. The molecule has 0 amide bonds. The Labute approximate surface area is 131 Å². The zero-order chi connectivity index (χ0) is 17.4. The lowest BCUT2D eigenvalue weighted by molar-refractivity contribution is -0.307. The molecule has 0 heterocycles. The number of alkyl halides is 5. The van der Waals surface area contributed by atoms with Crippen LogP contribution in [0, 0.1) is 11.8 Å². The number of hydrogen-bond donors (Lipinski definition) is 0. The van der Waals surface area contributed by atoms with Crippen LogP contribution in [0.1, 0.15) is 37.0 Å². The third-order valence-electron chi connectivity index (χ3n) is 4.51. The van der Waals surface area contributed by atoms with E-state index in [-0.39, 0.29) is 12.0 Å². The maximum Gasteiger partial charge on any atom is 0.453 e. The Kier molecular flexibility index (Phi) is 4.64. The number of hydrogen-bond acceptors (Lipinski definition) is 1. The average Bonchev–Trinajstić information content (AvgIpc) is 2.48. The Balaban J connectivity index is 2.44. The molecule has 0 bridgehead atoms. The highest BCUT2D eigenvalue weighted by molar-refractivity contribution is 5.98. The van der Waals surface area contributed by atoms with E-state index in [1.54, 1.807) is 25.1 Å². The molecule has 0 radical (unpaired) electrons. The Morgan fingerprint density at radius 1 is 0.957 bits per heavy atom. The van der Waals surface area contributed by atoms with Gasteiger partial charge in [-0.3, -0.25) is 4.79 Å². The van der Waals surface area contributed by atoms with Gasteiger partial charge in [0, 0.05) is 17.4 Å². The Bertz CT molecular complexity index is 616. The van der Waals surface area contributed by atoms with Gasteiger partial charge in [0.15, 0.2) is 5.78 Å². The van der Waals surface area contributed by atoms with Gasteiger partial charge in [0.1, 0.15) is 0 Å². The molecular weight excluding hydrogens is 315 g/mol. The fourth-order valence-corrected chi connectivity index (χ4v) is 2.98. The number of carbonyl (C=O) groups excluding carboxylic acids is 1. The van der Waals surface area contributed by atoms with Crippen molar-refractivity contribution in [3.8, 4) is 0 Å². The Hall–Kier alpha value is -1.72. The summed E-state index contributed by atoms with van der Waals surface area (Å²) in [5.74, 6) is -9.01. The van der Waals surface area contributed by atoms with E-state index in [1.165, 1.54) is 19.1 Å². The minimum atomic E-state index is -5.67. The zero-order valence-electron chi connectivity index (χ0n) is 12.8. The molecule has 0 saturated heterocycles. The first-order valence-corrected chi connectivity index (χ1v) is 7.24. The summed E-state index contributed by atoms with van der Waals surface area (Å²) in [5, 5.41) is 0. The lowest BCUT2D eigenvalue weighted by Crippen LogP contribution is -2.49. The second-order valence-corrected chi connectivity index (χ2v) is 6.03. The highest BCUT2D eigenvalue weighted by atomic mass is 19.4. The number of benzene rings is 1. The summed E-state index contributed by atoms with van der Waals surface area (Å²) >= 11 is 0. The maximum absolute atomic E-state index is 13.9. The van der Waals surface area contributed by atoms with Crippen LogP contribution in [0.5, 0.6) is 0 Å². The molecule has 126 valence electrons. The summed E-state index contributed by atoms with van der Waals surface area (Å²) in [5.41, 5.74) is 1.36. The standard InChI is InChI=1S/C17H17F5O/c1-10-8-13(15(23)12-6-4-3-5-7-12)14(9-11(10)2)16(18,19)17(20,21)22/h3-7,13-14H,8-9H2,1-2H3/t13-,14-/m0/s1. The highest BCUT2D eigenvalue weighted by Crippen LogP contribution is 2.50. The summed E-state index contributed by atoms with van der Waals surface area (Å²) in [4.78, 5) is 12.5. The molecule has 1 nitrogen and oxygen atoms in total. The van der Waals surface area contributed by atoms with E-state index in [0.717, 1.165) is 0 Å². The third kappa shape index (κ3) is 3.31. The van der Waals surface area contributed by atoms with Crippen molar-refractivity contribution in [2.45, 2.75) is 38.8 Å². The van der Waals surface area contributed by atoms with E-state index < -0.39 is 36.1 Å². The van der Waals surface area contributed by atoms with Crippen molar-refractivity contribution in [3.05, 3.63) is 47.0 Å². The molecule has 2 rings (SSSR count). The molecule has 6 heteroatoms. The molecule has 0 spiro atoms. The molecule has 1 aliphatic carbocycles. The van der Waals surface area contributed by atoms with E-state index in [2.05, 4.69) is 0 Å². The first-order chi connectivity index (χ1) is 10.6. The van der Waals surface area contributed by atoms with Crippen LogP contribution in [0.4, 0.5) is 22.0 Å². The van der Waals surface area contributed by atoms with Gasteiger partial charge >= 0.3 is 12.1 Å². The maximum atomic E-state index is 13.9. The minimum absolute atomic E-state index is 0.0735. The van der Waals surface area contributed by atoms with Gasteiger partial charge in [0.05, 0.1) is 0 Å². The lowest BCUT2D eigenvalue weighted by Gasteiger charge is -2.37. The predicted molar refractivity (Wildman–Crippen MR) is 76.4 cm³/mol. The normalized spacial score (nSPS) is 23.1. The van der Waals surface area contributed by atoms with Crippen LogP contribution in [-0.2, 0) is 0 Å². The van der Waals surface area contributed by atoms with Crippen molar-refractivity contribution in [3.63, 3.8) is 0 Å². The van der Waals surface area contributed by atoms with Gasteiger partial charge in [0.2, 0.25) is 0 Å². The Morgan fingerprint density at radius 2 is 1.48 bits per heavy atom. The van der Waals surface area contributed by atoms with E-state index >= 15 is 0 Å². The molecule has 1 aliphatic rings. The highest BCUT2D eigenvalue weighted by Gasteiger charge is 2.64. The smallest absolute Gasteiger partial charge is 0.294 e. The fourth-order valence-electron chi connectivity index (χ4n) is 2.98. The number of ketones is 1. The number of halogens is 5.